The molecule has 0 saturated carbocycles. The third kappa shape index (κ3) is 5.37. The van der Waals surface area contributed by atoms with Crippen LogP contribution in [-0.4, -0.2) is 56.8 Å². The highest BCUT2D eigenvalue weighted by Gasteiger charge is 2.29. The van der Waals surface area contributed by atoms with Crippen molar-refractivity contribution in [2.75, 3.05) is 33.8 Å². The Hall–Kier alpha value is -2.24. The van der Waals surface area contributed by atoms with Crippen LogP contribution < -0.4 is 10.6 Å². The summed E-state index contributed by atoms with van der Waals surface area (Å²) in [4.78, 5) is 17.8. The summed E-state index contributed by atoms with van der Waals surface area (Å²) < 4.78 is 4.80. The first-order chi connectivity index (χ1) is 13.1. The van der Waals surface area contributed by atoms with Gasteiger partial charge in [-0.25, -0.2) is 4.79 Å². The molecule has 1 aromatic rings. The van der Waals surface area contributed by atoms with Crippen molar-refractivity contribution in [3.63, 3.8) is 0 Å². The molecule has 1 fully saturated rings. The van der Waals surface area contributed by atoms with Gasteiger partial charge in [-0.3, -0.25) is 4.99 Å². The number of benzene rings is 1. The largest absolute Gasteiger partial charge is 0.453 e. The van der Waals surface area contributed by atoms with E-state index in [1.54, 1.807) is 11.9 Å². The van der Waals surface area contributed by atoms with E-state index in [9.17, 15) is 4.79 Å². The Kier molecular flexibility index (Phi) is 7.95. The van der Waals surface area contributed by atoms with Gasteiger partial charge in [-0.2, -0.15) is 0 Å². The lowest BCUT2D eigenvalue weighted by Gasteiger charge is -2.35. The van der Waals surface area contributed by atoms with Gasteiger partial charge in [0, 0.05) is 38.1 Å². The summed E-state index contributed by atoms with van der Waals surface area (Å²) in [6.45, 7) is 6.75. The molecule has 0 radical (unpaired) electrons. The number of nitrogens with one attached hydrogen (secondary N) is 2. The highest BCUT2D eigenvalue weighted by Crippen LogP contribution is 2.30. The molecule has 0 aromatic heterocycles. The smallest absolute Gasteiger partial charge is 0.409 e. The minimum Gasteiger partial charge on any atom is -0.453 e. The molecule has 0 atom stereocenters. The van der Waals surface area contributed by atoms with Crippen LogP contribution in [0.2, 0.25) is 0 Å². The molecule has 0 spiro atoms. The molecule has 2 rings (SSSR count). The minimum atomic E-state index is -0.241. The van der Waals surface area contributed by atoms with E-state index in [2.05, 4.69) is 59.8 Å². The summed E-state index contributed by atoms with van der Waals surface area (Å²) in [5.74, 6) is 0.828. The summed E-state index contributed by atoms with van der Waals surface area (Å²) in [5, 5.41) is 7.05. The molecule has 0 unspecified atom stereocenters. The number of carbonyl (C=O) groups excluding carboxylic acids is 1. The van der Waals surface area contributed by atoms with Crippen molar-refractivity contribution >= 4 is 12.1 Å². The van der Waals surface area contributed by atoms with Gasteiger partial charge in [0.15, 0.2) is 5.96 Å². The third-order valence-electron chi connectivity index (χ3n) is 5.83. The standard InChI is InChI=1S/C21H34N4O2/c1-5-21(6-2,17-10-8-7-9-11-17)16-23-19(22-3)24-18-12-14-25(15-13-18)20(26)27-4/h7-11,18H,5-6,12-16H2,1-4H3,(H2,22,23,24). The molecular weight excluding hydrogens is 340 g/mol. The predicted molar refractivity (Wildman–Crippen MR) is 110 cm³/mol. The first-order valence-electron chi connectivity index (χ1n) is 9.94. The van der Waals surface area contributed by atoms with Crippen LogP contribution in [0.25, 0.3) is 0 Å². The maximum atomic E-state index is 11.6. The van der Waals surface area contributed by atoms with E-state index in [1.165, 1.54) is 12.7 Å². The summed E-state index contributed by atoms with van der Waals surface area (Å²) in [6, 6.07) is 11.0. The number of nitrogens with zero attached hydrogens (tertiary/aromatic N) is 2. The van der Waals surface area contributed by atoms with E-state index in [1.807, 2.05) is 0 Å². The maximum absolute atomic E-state index is 11.6. The van der Waals surface area contributed by atoms with Crippen molar-refractivity contribution in [2.45, 2.75) is 51.0 Å². The second kappa shape index (κ2) is 10.2. The summed E-state index contributed by atoms with van der Waals surface area (Å²) in [6.07, 6.45) is 3.67. The zero-order chi connectivity index (χ0) is 19.7. The number of amides is 1. The van der Waals surface area contributed by atoms with Crippen molar-refractivity contribution in [1.29, 1.82) is 0 Å². The van der Waals surface area contributed by atoms with Crippen LogP contribution >= 0.6 is 0 Å². The number of likely N-dealkylation sites (tertiary alicyclic amines) is 1. The van der Waals surface area contributed by atoms with E-state index >= 15 is 0 Å². The first kappa shape index (κ1) is 21.1. The topological polar surface area (TPSA) is 66.0 Å². The van der Waals surface area contributed by atoms with E-state index in [0.29, 0.717) is 19.1 Å². The quantitative estimate of drug-likeness (QED) is 0.593. The van der Waals surface area contributed by atoms with Gasteiger partial charge in [0.05, 0.1) is 7.11 Å². The number of piperidine rings is 1. The molecule has 1 aliphatic rings. The van der Waals surface area contributed by atoms with Crippen LogP contribution in [0, 0.1) is 0 Å². The number of hydrogen-bond donors (Lipinski definition) is 2. The highest BCUT2D eigenvalue weighted by molar-refractivity contribution is 5.80. The lowest BCUT2D eigenvalue weighted by molar-refractivity contribution is 0.111. The summed E-state index contributed by atoms with van der Waals surface area (Å²) in [5.41, 5.74) is 1.46. The van der Waals surface area contributed by atoms with Gasteiger partial charge in [0.2, 0.25) is 0 Å². The number of rotatable bonds is 6. The highest BCUT2D eigenvalue weighted by atomic mass is 16.5. The number of aliphatic imine (C=N–C) groups is 1. The normalized spacial score (nSPS) is 16.1. The molecule has 27 heavy (non-hydrogen) atoms. The molecule has 0 bridgehead atoms. The molecule has 0 aliphatic carbocycles. The van der Waals surface area contributed by atoms with Crippen LogP contribution in [0.15, 0.2) is 35.3 Å². The minimum absolute atomic E-state index is 0.0904. The number of hydrogen-bond acceptors (Lipinski definition) is 3. The molecule has 2 N–H and O–H groups in total. The molecular formula is C21H34N4O2. The Labute approximate surface area is 163 Å². The Morgan fingerprint density at radius 1 is 1.22 bits per heavy atom. The lowest BCUT2D eigenvalue weighted by atomic mass is 9.76. The maximum Gasteiger partial charge on any atom is 0.409 e. The summed E-state index contributed by atoms with van der Waals surface area (Å²) in [7, 11) is 3.24. The van der Waals surface area contributed by atoms with Crippen LogP contribution in [0.4, 0.5) is 4.79 Å². The monoisotopic (exact) mass is 374 g/mol. The van der Waals surface area contributed by atoms with E-state index < -0.39 is 0 Å². The first-order valence-corrected chi connectivity index (χ1v) is 9.94. The van der Waals surface area contributed by atoms with Crippen molar-refractivity contribution in [3.8, 4) is 0 Å². The van der Waals surface area contributed by atoms with Gasteiger partial charge in [-0.05, 0) is 31.2 Å². The van der Waals surface area contributed by atoms with Gasteiger partial charge >= 0.3 is 6.09 Å². The lowest BCUT2D eigenvalue weighted by Crippen LogP contribution is -2.51. The number of guanidine groups is 1. The third-order valence-corrected chi connectivity index (χ3v) is 5.83. The Morgan fingerprint density at radius 3 is 2.37 bits per heavy atom. The number of methoxy groups -OCH3 is 1. The average molecular weight is 375 g/mol. The Balaban J connectivity index is 1.92. The molecule has 6 nitrogen and oxygen atoms in total. The van der Waals surface area contributed by atoms with Crippen LogP contribution in [0.3, 0.4) is 0 Å². The van der Waals surface area contributed by atoms with Crippen molar-refractivity contribution < 1.29 is 9.53 Å². The van der Waals surface area contributed by atoms with E-state index in [4.69, 9.17) is 4.74 Å². The Bertz CT molecular complexity index is 606. The van der Waals surface area contributed by atoms with Crippen LogP contribution in [0.5, 0.6) is 0 Å². The van der Waals surface area contributed by atoms with Gasteiger partial charge in [-0.1, -0.05) is 44.2 Å². The van der Waals surface area contributed by atoms with Crippen molar-refractivity contribution in [2.24, 2.45) is 4.99 Å². The predicted octanol–water partition coefficient (Wildman–Crippen LogP) is 3.14. The summed E-state index contributed by atoms with van der Waals surface area (Å²) >= 11 is 0. The fourth-order valence-electron chi connectivity index (χ4n) is 3.78. The number of ether oxygens (including phenoxy) is 1. The molecule has 6 heteroatoms. The zero-order valence-electron chi connectivity index (χ0n) is 17.1. The molecule has 150 valence electrons. The average Bonchev–Trinajstić information content (AvgIpc) is 2.74. The van der Waals surface area contributed by atoms with E-state index in [-0.39, 0.29) is 11.5 Å². The van der Waals surface area contributed by atoms with Gasteiger partial charge in [0.1, 0.15) is 0 Å². The SMILES string of the molecule is CCC(CC)(CNC(=NC)NC1CCN(C(=O)OC)CC1)c1ccccc1. The fraction of sp³-hybridized carbons (Fsp3) is 0.619. The van der Waals surface area contributed by atoms with Crippen molar-refractivity contribution in [1.82, 2.24) is 15.5 Å². The molecule has 1 aliphatic heterocycles. The molecule has 1 saturated heterocycles. The number of carbonyl (C=O) groups is 1. The fourth-order valence-corrected chi connectivity index (χ4v) is 3.78. The Morgan fingerprint density at radius 2 is 1.85 bits per heavy atom. The van der Waals surface area contributed by atoms with Gasteiger partial charge in [0.25, 0.3) is 0 Å². The van der Waals surface area contributed by atoms with Crippen LogP contribution in [0.1, 0.15) is 45.1 Å². The van der Waals surface area contributed by atoms with Gasteiger partial charge < -0.3 is 20.3 Å². The molecule has 1 heterocycles. The second-order valence-electron chi connectivity index (χ2n) is 7.15. The van der Waals surface area contributed by atoms with Crippen molar-refractivity contribution in [3.05, 3.63) is 35.9 Å². The van der Waals surface area contributed by atoms with Crippen LogP contribution in [-0.2, 0) is 10.2 Å². The molecule has 1 amide bonds. The molecule has 1 aromatic carbocycles. The van der Waals surface area contributed by atoms with E-state index in [0.717, 1.165) is 38.2 Å². The van der Waals surface area contributed by atoms with Gasteiger partial charge in [-0.15, -0.1) is 0 Å². The zero-order valence-corrected chi connectivity index (χ0v) is 17.1. The second-order valence-corrected chi connectivity index (χ2v) is 7.15.